The van der Waals surface area contributed by atoms with E-state index in [2.05, 4.69) is 17.2 Å². The first-order valence-corrected chi connectivity index (χ1v) is 3.59. The van der Waals surface area contributed by atoms with Crippen LogP contribution in [0.3, 0.4) is 0 Å². The number of amides is 3. The third-order valence-electron chi connectivity index (χ3n) is 1.86. The molecule has 1 fully saturated rings. The van der Waals surface area contributed by atoms with Gasteiger partial charge in [0.2, 0.25) is 0 Å². The number of rotatable bonds is 3. The molecule has 1 saturated heterocycles. The Labute approximate surface area is 70.0 Å². The SMILES string of the molecule is C=CCC1(CN)NC(=O)NC1=O. The van der Waals surface area contributed by atoms with Gasteiger partial charge < -0.3 is 11.1 Å². The average molecular weight is 169 g/mol. The molecular formula is C7H11N3O2. The van der Waals surface area contributed by atoms with Gasteiger partial charge in [-0.05, 0) is 6.42 Å². The van der Waals surface area contributed by atoms with Gasteiger partial charge in [0.1, 0.15) is 5.54 Å². The predicted molar refractivity (Wildman–Crippen MR) is 43.3 cm³/mol. The minimum atomic E-state index is -0.973. The van der Waals surface area contributed by atoms with E-state index in [1.165, 1.54) is 0 Å². The van der Waals surface area contributed by atoms with Crippen molar-refractivity contribution in [1.82, 2.24) is 10.6 Å². The fourth-order valence-electron chi connectivity index (χ4n) is 1.15. The molecule has 3 amide bonds. The van der Waals surface area contributed by atoms with Gasteiger partial charge in [0.15, 0.2) is 0 Å². The van der Waals surface area contributed by atoms with Crippen molar-refractivity contribution in [2.75, 3.05) is 6.54 Å². The first-order chi connectivity index (χ1) is 5.64. The number of nitrogens with one attached hydrogen (secondary N) is 2. The Morgan fingerprint density at radius 3 is 2.58 bits per heavy atom. The minimum Gasteiger partial charge on any atom is -0.328 e. The molecule has 0 aromatic rings. The Kier molecular flexibility index (Phi) is 2.14. The lowest BCUT2D eigenvalue weighted by Crippen LogP contribution is -2.52. The number of carbonyl (C=O) groups excluding carboxylic acids is 2. The summed E-state index contributed by atoms with van der Waals surface area (Å²) in [6.07, 6.45) is 1.90. The van der Waals surface area contributed by atoms with E-state index < -0.39 is 11.6 Å². The van der Waals surface area contributed by atoms with Crippen LogP contribution in [0, 0.1) is 0 Å². The van der Waals surface area contributed by atoms with Crippen LogP contribution in [0.5, 0.6) is 0 Å². The molecule has 1 atom stereocenters. The summed E-state index contributed by atoms with van der Waals surface area (Å²) in [6.45, 7) is 3.57. The predicted octanol–water partition coefficient (Wildman–Crippen LogP) is -0.901. The van der Waals surface area contributed by atoms with Crippen LogP contribution in [0.15, 0.2) is 12.7 Å². The summed E-state index contributed by atoms with van der Waals surface area (Å²) >= 11 is 0. The van der Waals surface area contributed by atoms with Crippen LogP contribution in [0.4, 0.5) is 4.79 Å². The quantitative estimate of drug-likeness (QED) is 0.378. The third kappa shape index (κ3) is 1.18. The second-order valence-electron chi connectivity index (χ2n) is 2.69. The standard InChI is InChI=1S/C7H11N3O2/c1-2-3-7(4-8)5(11)9-6(12)10-7/h2H,1,3-4,8H2,(H2,9,10,11,12). The van der Waals surface area contributed by atoms with Gasteiger partial charge in [-0.25, -0.2) is 4.79 Å². The maximum atomic E-state index is 11.2. The maximum absolute atomic E-state index is 11.2. The highest BCUT2D eigenvalue weighted by Gasteiger charge is 2.43. The van der Waals surface area contributed by atoms with Gasteiger partial charge in [-0.3, -0.25) is 10.1 Å². The Balaban J connectivity index is 2.85. The fraction of sp³-hybridized carbons (Fsp3) is 0.429. The molecule has 5 nitrogen and oxygen atoms in total. The van der Waals surface area contributed by atoms with Gasteiger partial charge in [0.25, 0.3) is 5.91 Å². The smallest absolute Gasteiger partial charge is 0.322 e. The molecule has 12 heavy (non-hydrogen) atoms. The Bertz CT molecular complexity index is 239. The zero-order valence-corrected chi connectivity index (χ0v) is 6.59. The summed E-state index contributed by atoms with van der Waals surface area (Å²) in [5.74, 6) is -0.380. The molecule has 0 aliphatic carbocycles. The normalized spacial score (nSPS) is 28.1. The largest absolute Gasteiger partial charge is 0.328 e. The van der Waals surface area contributed by atoms with E-state index in [1.807, 2.05) is 0 Å². The van der Waals surface area contributed by atoms with Crippen molar-refractivity contribution < 1.29 is 9.59 Å². The molecule has 0 saturated carbocycles. The van der Waals surface area contributed by atoms with E-state index >= 15 is 0 Å². The van der Waals surface area contributed by atoms with Gasteiger partial charge in [-0.2, -0.15) is 0 Å². The van der Waals surface area contributed by atoms with Crippen LogP contribution >= 0.6 is 0 Å². The molecule has 1 unspecified atom stereocenters. The van der Waals surface area contributed by atoms with Crippen molar-refractivity contribution in [3.8, 4) is 0 Å². The summed E-state index contributed by atoms with van der Waals surface area (Å²) in [7, 11) is 0. The lowest BCUT2D eigenvalue weighted by Gasteiger charge is -2.21. The second-order valence-corrected chi connectivity index (χ2v) is 2.69. The van der Waals surface area contributed by atoms with Crippen molar-refractivity contribution in [3.63, 3.8) is 0 Å². The van der Waals surface area contributed by atoms with Crippen LogP contribution in [-0.4, -0.2) is 24.0 Å². The zero-order valence-electron chi connectivity index (χ0n) is 6.59. The molecule has 5 heteroatoms. The summed E-state index contributed by atoms with van der Waals surface area (Å²) in [5.41, 5.74) is 4.41. The number of nitrogens with two attached hydrogens (primary N) is 1. The number of imide groups is 1. The summed E-state index contributed by atoms with van der Waals surface area (Å²) < 4.78 is 0. The van der Waals surface area contributed by atoms with E-state index in [9.17, 15) is 9.59 Å². The molecule has 0 radical (unpaired) electrons. The fourth-order valence-corrected chi connectivity index (χ4v) is 1.15. The number of hydrogen-bond donors (Lipinski definition) is 3. The first kappa shape index (κ1) is 8.73. The highest BCUT2D eigenvalue weighted by Crippen LogP contribution is 2.13. The maximum Gasteiger partial charge on any atom is 0.322 e. The molecule has 1 heterocycles. The van der Waals surface area contributed by atoms with Crippen molar-refractivity contribution >= 4 is 11.9 Å². The van der Waals surface area contributed by atoms with Crippen LogP contribution in [0.1, 0.15) is 6.42 Å². The monoisotopic (exact) mass is 169 g/mol. The summed E-state index contributed by atoms with van der Waals surface area (Å²) in [4.78, 5) is 22.0. The highest BCUT2D eigenvalue weighted by molar-refractivity contribution is 6.07. The molecule has 66 valence electrons. The summed E-state index contributed by atoms with van der Waals surface area (Å²) in [5, 5.41) is 4.60. The lowest BCUT2D eigenvalue weighted by molar-refractivity contribution is -0.123. The van der Waals surface area contributed by atoms with Gasteiger partial charge in [0.05, 0.1) is 0 Å². The Morgan fingerprint density at radius 1 is 1.58 bits per heavy atom. The average Bonchev–Trinajstić information content (AvgIpc) is 2.28. The van der Waals surface area contributed by atoms with Gasteiger partial charge in [-0.1, -0.05) is 6.08 Å². The molecule has 0 aromatic carbocycles. The minimum absolute atomic E-state index is 0.0800. The first-order valence-electron chi connectivity index (χ1n) is 3.59. The van der Waals surface area contributed by atoms with Crippen LogP contribution in [-0.2, 0) is 4.79 Å². The van der Waals surface area contributed by atoms with Gasteiger partial charge >= 0.3 is 6.03 Å². The molecule has 0 spiro atoms. The van der Waals surface area contributed by atoms with E-state index in [0.29, 0.717) is 6.42 Å². The zero-order chi connectivity index (χ0) is 9.19. The van der Waals surface area contributed by atoms with Gasteiger partial charge in [-0.15, -0.1) is 6.58 Å². The van der Waals surface area contributed by atoms with Crippen molar-refractivity contribution in [2.45, 2.75) is 12.0 Å². The molecule has 1 aliphatic rings. The Morgan fingerprint density at radius 2 is 2.25 bits per heavy atom. The van der Waals surface area contributed by atoms with Crippen LogP contribution < -0.4 is 16.4 Å². The topological polar surface area (TPSA) is 84.2 Å². The van der Waals surface area contributed by atoms with Crippen LogP contribution in [0.25, 0.3) is 0 Å². The molecule has 0 aromatic heterocycles. The lowest BCUT2D eigenvalue weighted by atomic mass is 9.96. The molecule has 0 bridgehead atoms. The van der Waals surface area contributed by atoms with E-state index in [1.54, 1.807) is 6.08 Å². The van der Waals surface area contributed by atoms with Gasteiger partial charge in [0, 0.05) is 6.54 Å². The molecule has 1 aliphatic heterocycles. The van der Waals surface area contributed by atoms with Crippen molar-refractivity contribution in [1.29, 1.82) is 0 Å². The second kappa shape index (κ2) is 2.94. The van der Waals surface area contributed by atoms with Crippen LogP contribution in [0.2, 0.25) is 0 Å². The Hall–Kier alpha value is -1.36. The summed E-state index contributed by atoms with van der Waals surface area (Å²) in [6, 6.07) is -0.493. The number of hydrogen-bond acceptors (Lipinski definition) is 3. The number of carbonyl (C=O) groups is 2. The third-order valence-corrected chi connectivity index (χ3v) is 1.86. The molecule has 1 rings (SSSR count). The van der Waals surface area contributed by atoms with E-state index in [0.717, 1.165) is 0 Å². The molecular weight excluding hydrogens is 158 g/mol. The number of urea groups is 1. The molecule has 4 N–H and O–H groups in total. The van der Waals surface area contributed by atoms with Crippen molar-refractivity contribution in [3.05, 3.63) is 12.7 Å². The van der Waals surface area contributed by atoms with E-state index in [-0.39, 0.29) is 12.5 Å². The van der Waals surface area contributed by atoms with Crippen molar-refractivity contribution in [2.24, 2.45) is 5.73 Å². The van der Waals surface area contributed by atoms with E-state index in [4.69, 9.17) is 5.73 Å². The highest BCUT2D eigenvalue weighted by atomic mass is 16.2.